The van der Waals surface area contributed by atoms with Crippen molar-refractivity contribution in [1.29, 1.82) is 0 Å². The van der Waals surface area contributed by atoms with E-state index >= 15 is 0 Å². The van der Waals surface area contributed by atoms with Gasteiger partial charge in [0, 0.05) is 6.04 Å². The fourth-order valence-corrected chi connectivity index (χ4v) is 4.14. The van der Waals surface area contributed by atoms with Gasteiger partial charge in [0.25, 0.3) is 11.8 Å². The van der Waals surface area contributed by atoms with Gasteiger partial charge in [0.1, 0.15) is 0 Å². The molecule has 7 nitrogen and oxygen atoms in total. The first-order valence-corrected chi connectivity index (χ1v) is 9.76. The molecule has 3 rings (SSSR count). The zero-order valence-corrected chi connectivity index (χ0v) is 15.1. The maximum absolute atomic E-state index is 12.3. The fraction of sp³-hybridized carbons (Fsp3) is 0.588. The van der Waals surface area contributed by atoms with Crippen molar-refractivity contribution in [3.63, 3.8) is 0 Å². The van der Waals surface area contributed by atoms with Crippen LogP contribution in [0.3, 0.4) is 0 Å². The van der Waals surface area contributed by atoms with Crippen molar-refractivity contribution in [2.24, 2.45) is 0 Å². The first-order chi connectivity index (χ1) is 12.1. The van der Waals surface area contributed by atoms with Gasteiger partial charge in [-0.3, -0.25) is 14.9 Å². The summed E-state index contributed by atoms with van der Waals surface area (Å²) in [5, 5.41) is 7.17. The first kappa shape index (κ1) is 17.9. The summed E-state index contributed by atoms with van der Waals surface area (Å²) in [4.78, 5) is 39.8. The number of carbonyl (C=O) groups excluding carboxylic acids is 3. The van der Waals surface area contributed by atoms with Crippen LogP contribution in [0, 0.1) is 0 Å². The monoisotopic (exact) mass is 365 g/mol. The third-order valence-corrected chi connectivity index (χ3v) is 5.70. The highest BCUT2D eigenvalue weighted by Crippen LogP contribution is 2.17. The van der Waals surface area contributed by atoms with E-state index in [0.29, 0.717) is 13.1 Å². The summed E-state index contributed by atoms with van der Waals surface area (Å²) in [6.07, 6.45) is 4.26. The Morgan fingerprint density at radius 3 is 2.56 bits per heavy atom. The molecule has 0 atom stereocenters. The quantitative estimate of drug-likeness (QED) is 0.694. The number of piperazine rings is 1. The lowest BCUT2D eigenvalue weighted by molar-refractivity contribution is -0.895. The summed E-state index contributed by atoms with van der Waals surface area (Å²) in [5.74, 6) is -0.196. The number of quaternary nitrogens is 1. The molecule has 2 fully saturated rings. The van der Waals surface area contributed by atoms with Gasteiger partial charge < -0.3 is 15.1 Å². The van der Waals surface area contributed by atoms with Crippen molar-refractivity contribution in [2.45, 2.75) is 31.7 Å². The van der Waals surface area contributed by atoms with E-state index in [2.05, 4.69) is 10.6 Å². The maximum Gasteiger partial charge on any atom is 0.321 e. The van der Waals surface area contributed by atoms with Gasteiger partial charge in [0.05, 0.1) is 31.1 Å². The van der Waals surface area contributed by atoms with Crippen LogP contribution in [0.25, 0.3) is 0 Å². The zero-order valence-electron chi connectivity index (χ0n) is 14.3. The van der Waals surface area contributed by atoms with Gasteiger partial charge in [-0.05, 0) is 24.3 Å². The summed E-state index contributed by atoms with van der Waals surface area (Å²) in [5.41, 5.74) is 0. The number of hydrogen-bond donors (Lipinski definition) is 3. The Kier molecular flexibility index (Phi) is 6.04. The van der Waals surface area contributed by atoms with Crippen molar-refractivity contribution in [2.75, 3.05) is 32.7 Å². The van der Waals surface area contributed by atoms with Gasteiger partial charge in [-0.15, -0.1) is 11.3 Å². The predicted octanol–water partition coefficient (Wildman–Crippen LogP) is -0.143. The second kappa shape index (κ2) is 8.44. The number of thiophene rings is 1. The number of imide groups is 1. The Morgan fingerprint density at radius 1 is 1.20 bits per heavy atom. The SMILES string of the molecule is O=C(C[NH+]1CCN(C(=O)c2cccs2)CC1)NC(=O)NC1CCCC1. The molecular formula is C17H25N4O3S+. The number of rotatable bonds is 4. The number of nitrogens with zero attached hydrogens (tertiary/aromatic N) is 1. The number of nitrogens with one attached hydrogen (secondary N) is 3. The van der Waals surface area contributed by atoms with Crippen LogP contribution in [0.15, 0.2) is 17.5 Å². The van der Waals surface area contributed by atoms with Crippen molar-refractivity contribution in [3.05, 3.63) is 22.4 Å². The molecule has 1 aromatic rings. The summed E-state index contributed by atoms with van der Waals surface area (Å²) in [7, 11) is 0. The lowest BCUT2D eigenvalue weighted by Gasteiger charge is -2.31. The van der Waals surface area contributed by atoms with Crippen LogP contribution in [-0.4, -0.2) is 61.5 Å². The topological polar surface area (TPSA) is 83.0 Å². The molecule has 0 bridgehead atoms. The summed E-state index contributed by atoms with van der Waals surface area (Å²) < 4.78 is 0. The van der Waals surface area contributed by atoms with Gasteiger partial charge in [0.15, 0.2) is 6.54 Å². The van der Waals surface area contributed by atoms with E-state index in [9.17, 15) is 14.4 Å². The van der Waals surface area contributed by atoms with E-state index in [1.165, 1.54) is 11.3 Å². The second-order valence-corrected chi connectivity index (χ2v) is 7.65. The van der Waals surface area contributed by atoms with Crippen LogP contribution >= 0.6 is 11.3 Å². The highest BCUT2D eigenvalue weighted by Gasteiger charge is 2.27. The molecule has 0 aromatic carbocycles. The maximum atomic E-state index is 12.3. The standard InChI is InChI=1S/C17H24N4O3S/c22-15(19-17(24)18-13-4-1-2-5-13)12-20-7-9-21(10-8-20)16(23)14-6-3-11-25-14/h3,6,11,13H,1-2,4-5,7-10,12H2,(H2,18,19,22,24)/p+1. The molecule has 0 unspecified atom stereocenters. The van der Waals surface area contributed by atoms with E-state index in [0.717, 1.165) is 48.5 Å². The average Bonchev–Trinajstić information content (AvgIpc) is 3.28. The van der Waals surface area contributed by atoms with Crippen LogP contribution in [-0.2, 0) is 4.79 Å². The minimum Gasteiger partial charge on any atom is -0.335 e. The van der Waals surface area contributed by atoms with E-state index in [1.807, 2.05) is 22.4 Å². The zero-order chi connectivity index (χ0) is 17.6. The molecule has 0 spiro atoms. The van der Waals surface area contributed by atoms with Crippen molar-refractivity contribution >= 4 is 29.2 Å². The lowest BCUT2D eigenvalue weighted by atomic mass is 10.2. The molecule has 1 aliphatic heterocycles. The normalized spacial score (nSPS) is 19.0. The Labute approximate surface area is 151 Å². The van der Waals surface area contributed by atoms with Gasteiger partial charge >= 0.3 is 6.03 Å². The molecular weight excluding hydrogens is 340 g/mol. The predicted molar refractivity (Wildman–Crippen MR) is 94.7 cm³/mol. The minimum atomic E-state index is -0.386. The number of urea groups is 1. The highest BCUT2D eigenvalue weighted by atomic mass is 32.1. The molecule has 25 heavy (non-hydrogen) atoms. The van der Waals surface area contributed by atoms with Crippen molar-refractivity contribution in [1.82, 2.24) is 15.5 Å². The third-order valence-electron chi connectivity index (χ3n) is 4.84. The fourth-order valence-electron chi connectivity index (χ4n) is 3.45. The Bertz CT molecular complexity index is 605. The summed E-state index contributed by atoms with van der Waals surface area (Å²) in [6, 6.07) is 3.53. The molecule has 4 amide bonds. The summed E-state index contributed by atoms with van der Waals surface area (Å²) in [6.45, 7) is 2.96. The molecule has 1 saturated heterocycles. The van der Waals surface area contributed by atoms with Gasteiger partial charge in [-0.1, -0.05) is 18.9 Å². The van der Waals surface area contributed by atoms with Crippen molar-refractivity contribution < 1.29 is 19.3 Å². The average molecular weight is 365 g/mol. The van der Waals surface area contributed by atoms with Gasteiger partial charge in [0.2, 0.25) is 0 Å². The Hall–Kier alpha value is -1.93. The third kappa shape index (κ3) is 5.02. The van der Waals surface area contributed by atoms with Crippen LogP contribution in [0.1, 0.15) is 35.4 Å². The van der Waals surface area contributed by atoms with Crippen molar-refractivity contribution in [3.8, 4) is 0 Å². The summed E-state index contributed by atoms with van der Waals surface area (Å²) >= 11 is 1.45. The molecule has 3 N–H and O–H groups in total. The largest absolute Gasteiger partial charge is 0.335 e. The number of carbonyl (C=O) groups is 3. The second-order valence-electron chi connectivity index (χ2n) is 6.70. The number of amides is 4. The molecule has 8 heteroatoms. The molecule has 2 heterocycles. The first-order valence-electron chi connectivity index (χ1n) is 8.88. The highest BCUT2D eigenvalue weighted by molar-refractivity contribution is 7.12. The Balaban J connectivity index is 1.37. The molecule has 136 valence electrons. The minimum absolute atomic E-state index is 0.0643. The van der Waals surface area contributed by atoms with Crippen LogP contribution in [0.5, 0.6) is 0 Å². The van der Waals surface area contributed by atoms with E-state index in [1.54, 1.807) is 0 Å². The molecule has 1 saturated carbocycles. The smallest absolute Gasteiger partial charge is 0.321 e. The lowest BCUT2D eigenvalue weighted by Crippen LogP contribution is -3.15. The van der Waals surface area contributed by atoms with Gasteiger partial charge in [-0.2, -0.15) is 0 Å². The molecule has 1 aromatic heterocycles. The van der Waals surface area contributed by atoms with E-state index in [4.69, 9.17) is 0 Å². The van der Waals surface area contributed by atoms with E-state index < -0.39 is 0 Å². The Morgan fingerprint density at radius 2 is 1.92 bits per heavy atom. The molecule has 1 aliphatic carbocycles. The van der Waals surface area contributed by atoms with Crippen LogP contribution < -0.4 is 15.5 Å². The van der Waals surface area contributed by atoms with Crippen LogP contribution in [0.4, 0.5) is 4.79 Å². The molecule has 2 aliphatic rings. The molecule has 0 radical (unpaired) electrons. The van der Waals surface area contributed by atoms with Crippen LogP contribution in [0.2, 0.25) is 0 Å². The number of hydrogen-bond acceptors (Lipinski definition) is 4. The van der Waals surface area contributed by atoms with E-state index in [-0.39, 0.29) is 30.4 Å². The van der Waals surface area contributed by atoms with Gasteiger partial charge in [-0.25, -0.2) is 4.79 Å².